The Morgan fingerprint density at radius 3 is 2.85 bits per heavy atom. The molecule has 3 aromatic rings. The van der Waals surface area contributed by atoms with Gasteiger partial charge in [-0.25, -0.2) is 14.7 Å². The Balaban J connectivity index is 2.02. The molecule has 5 nitrogen and oxygen atoms in total. The van der Waals surface area contributed by atoms with Gasteiger partial charge in [-0.15, -0.1) is 11.3 Å². The van der Waals surface area contributed by atoms with E-state index in [9.17, 15) is 4.79 Å². The van der Waals surface area contributed by atoms with Gasteiger partial charge in [-0.1, -0.05) is 18.2 Å². The highest BCUT2D eigenvalue weighted by atomic mass is 32.1. The minimum Gasteiger partial charge on any atom is -0.295 e. The quantitative estimate of drug-likeness (QED) is 0.752. The van der Waals surface area contributed by atoms with Crippen LogP contribution in [0.15, 0.2) is 51.7 Å². The van der Waals surface area contributed by atoms with E-state index in [2.05, 4.69) is 15.1 Å². The lowest BCUT2D eigenvalue weighted by Gasteiger charge is -1.99. The van der Waals surface area contributed by atoms with Crippen LogP contribution in [0.3, 0.4) is 0 Å². The van der Waals surface area contributed by atoms with E-state index < -0.39 is 0 Å². The zero-order valence-corrected chi connectivity index (χ0v) is 11.6. The number of rotatable bonds is 3. The Morgan fingerprint density at radius 2 is 2.15 bits per heavy atom. The molecule has 20 heavy (non-hydrogen) atoms. The lowest BCUT2D eigenvalue weighted by atomic mass is 10.3. The summed E-state index contributed by atoms with van der Waals surface area (Å²) in [7, 11) is 0. The van der Waals surface area contributed by atoms with Gasteiger partial charge in [0.05, 0.1) is 11.3 Å². The summed E-state index contributed by atoms with van der Waals surface area (Å²) in [4.78, 5) is 20.6. The Labute approximate surface area is 119 Å². The third-order valence-corrected chi connectivity index (χ3v) is 3.53. The van der Waals surface area contributed by atoms with E-state index in [1.807, 2.05) is 42.6 Å². The number of benzene rings is 1. The summed E-state index contributed by atoms with van der Waals surface area (Å²) in [5.41, 5.74) is 2.01. The number of nitrogens with one attached hydrogen (secondary N) is 1. The standard InChI is InChI=1S/C14H12N4OS/c1-10-12(9-16-14-15-7-8-20-14)13(19)18(17-10)11-5-3-2-4-6-11/h2-9,17H,1H3/b16-9+. The fourth-order valence-electron chi connectivity index (χ4n) is 1.87. The zero-order valence-electron chi connectivity index (χ0n) is 10.8. The number of aromatic amines is 1. The largest absolute Gasteiger partial charge is 0.295 e. The first kappa shape index (κ1) is 12.6. The molecule has 0 aliphatic carbocycles. The van der Waals surface area contributed by atoms with E-state index in [1.165, 1.54) is 16.0 Å². The molecule has 0 saturated carbocycles. The molecule has 0 aliphatic rings. The number of hydrogen-bond donors (Lipinski definition) is 1. The van der Waals surface area contributed by atoms with Gasteiger partial charge in [0.15, 0.2) is 0 Å². The first-order chi connectivity index (χ1) is 9.75. The second kappa shape index (κ2) is 5.26. The predicted molar refractivity (Wildman–Crippen MR) is 80.5 cm³/mol. The van der Waals surface area contributed by atoms with Crippen LogP contribution in [0.4, 0.5) is 5.13 Å². The molecule has 2 aromatic heterocycles. The highest BCUT2D eigenvalue weighted by Crippen LogP contribution is 2.14. The molecule has 0 unspecified atom stereocenters. The van der Waals surface area contributed by atoms with Gasteiger partial charge >= 0.3 is 0 Å². The molecule has 0 fully saturated rings. The van der Waals surface area contributed by atoms with Crippen LogP contribution < -0.4 is 5.56 Å². The molecule has 6 heteroatoms. The molecule has 1 N–H and O–H groups in total. The van der Waals surface area contributed by atoms with Crippen LogP contribution in [-0.2, 0) is 0 Å². The summed E-state index contributed by atoms with van der Waals surface area (Å²) in [6, 6.07) is 9.44. The Bertz CT molecular complexity index is 784. The zero-order chi connectivity index (χ0) is 13.9. The van der Waals surface area contributed by atoms with E-state index in [0.717, 1.165) is 11.4 Å². The number of hydrogen-bond acceptors (Lipinski definition) is 4. The maximum atomic E-state index is 12.4. The van der Waals surface area contributed by atoms with Crippen LogP contribution >= 0.6 is 11.3 Å². The van der Waals surface area contributed by atoms with Crippen molar-refractivity contribution in [3.8, 4) is 5.69 Å². The molecular formula is C14H12N4OS. The summed E-state index contributed by atoms with van der Waals surface area (Å²) in [5, 5.41) is 5.54. The van der Waals surface area contributed by atoms with Gasteiger partial charge in [0.25, 0.3) is 5.56 Å². The van der Waals surface area contributed by atoms with Gasteiger partial charge in [0, 0.05) is 23.5 Å². The molecule has 0 aliphatic heterocycles. The summed E-state index contributed by atoms with van der Waals surface area (Å²) >= 11 is 1.43. The fraction of sp³-hybridized carbons (Fsp3) is 0.0714. The molecule has 0 radical (unpaired) electrons. The number of thiazole rings is 1. The average molecular weight is 284 g/mol. The number of aryl methyl sites for hydroxylation is 1. The fourth-order valence-corrected chi connectivity index (χ4v) is 2.35. The van der Waals surface area contributed by atoms with Gasteiger partial charge in [0.1, 0.15) is 0 Å². The van der Waals surface area contributed by atoms with Crippen molar-refractivity contribution in [1.29, 1.82) is 0 Å². The third-order valence-electron chi connectivity index (χ3n) is 2.85. The number of para-hydroxylation sites is 1. The highest BCUT2D eigenvalue weighted by Gasteiger charge is 2.10. The van der Waals surface area contributed by atoms with Crippen molar-refractivity contribution in [2.75, 3.05) is 0 Å². The molecule has 0 spiro atoms. The normalized spacial score (nSPS) is 11.2. The first-order valence-corrected chi connectivity index (χ1v) is 6.94. The van der Waals surface area contributed by atoms with Gasteiger partial charge in [-0.3, -0.25) is 9.89 Å². The van der Waals surface area contributed by atoms with Gasteiger partial charge in [-0.2, -0.15) is 0 Å². The predicted octanol–water partition coefficient (Wildman–Crippen LogP) is 2.68. The summed E-state index contributed by atoms with van der Waals surface area (Å²) in [5.74, 6) is 0. The van der Waals surface area contributed by atoms with Crippen molar-refractivity contribution >= 4 is 22.7 Å². The molecule has 0 atom stereocenters. The second-order valence-corrected chi connectivity index (χ2v) is 5.07. The van der Waals surface area contributed by atoms with Crippen LogP contribution in [0.5, 0.6) is 0 Å². The molecular weight excluding hydrogens is 272 g/mol. The van der Waals surface area contributed by atoms with Crippen molar-refractivity contribution < 1.29 is 0 Å². The number of nitrogens with zero attached hydrogens (tertiary/aromatic N) is 3. The molecule has 3 rings (SSSR count). The van der Waals surface area contributed by atoms with Gasteiger partial charge < -0.3 is 0 Å². The summed E-state index contributed by atoms with van der Waals surface area (Å²) in [6.07, 6.45) is 3.25. The minimum absolute atomic E-state index is 0.117. The lowest BCUT2D eigenvalue weighted by molar-refractivity contribution is 0.835. The molecule has 100 valence electrons. The van der Waals surface area contributed by atoms with Crippen molar-refractivity contribution in [1.82, 2.24) is 14.8 Å². The van der Waals surface area contributed by atoms with E-state index >= 15 is 0 Å². The van der Waals surface area contributed by atoms with Crippen LogP contribution in [-0.4, -0.2) is 21.0 Å². The average Bonchev–Trinajstić information content (AvgIpc) is 3.07. The van der Waals surface area contributed by atoms with Crippen LogP contribution in [0.1, 0.15) is 11.3 Å². The smallest absolute Gasteiger partial charge is 0.280 e. The minimum atomic E-state index is -0.117. The number of H-pyrrole nitrogens is 1. The van der Waals surface area contributed by atoms with Crippen molar-refractivity contribution in [2.24, 2.45) is 4.99 Å². The molecule has 2 heterocycles. The van der Waals surface area contributed by atoms with Gasteiger partial charge in [0.2, 0.25) is 5.13 Å². The Kier molecular flexibility index (Phi) is 3.30. The van der Waals surface area contributed by atoms with Crippen LogP contribution in [0.2, 0.25) is 0 Å². The summed E-state index contributed by atoms with van der Waals surface area (Å²) < 4.78 is 1.51. The van der Waals surface area contributed by atoms with Crippen LogP contribution in [0.25, 0.3) is 5.69 Å². The van der Waals surface area contributed by atoms with E-state index in [4.69, 9.17) is 0 Å². The summed E-state index contributed by atoms with van der Waals surface area (Å²) in [6.45, 7) is 1.85. The Morgan fingerprint density at radius 1 is 1.35 bits per heavy atom. The molecule has 0 amide bonds. The second-order valence-electron chi connectivity index (χ2n) is 4.20. The SMILES string of the molecule is Cc1[nH]n(-c2ccccc2)c(=O)c1/C=N/c1nccs1. The van der Waals surface area contributed by atoms with Crippen LogP contribution in [0, 0.1) is 6.92 Å². The number of aromatic nitrogens is 3. The van der Waals surface area contributed by atoms with E-state index in [1.54, 1.807) is 12.4 Å². The third kappa shape index (κ3) is 2.33. The van der Waals surface area contributed by atoms with Crippen molar-refractivity contribution in [3.05, 3.63) is 63.5 Å². The maximum absolute atomic E-state index is 12.4. The van der Waals surface area contributed by atoms with Gasteiger partial charge in [-0.05, 0) is 19.1 Å². The van der Waals surface area contributed by atoms with E-state index in [0.29, 0.717) is 10.7 Å². The topological polar surface area (TPSA) is 63.0 Å². The monoisotopic (exact) mass is 284 g/mol. The van der Waals surface area contributed by atoms with Crippen molar-refractivity contribution in [2.45, 2.75) is 6.92 Å². The highest BCUT2D eigenvalue weighted by molar-refractivity contribution is 7.13. The molecule has 1 aromatic carbocycles. The van der Waals surface area contributed by atoms with Crippen molar-refractivity contribution in [3.63, 3.8) is 0 Å². The number of aliphatic imine (C=N–C) groups is 1. The lowest BCUT2D eigenvalue weighted by Crippen LogP contribution is -2.17. The first-order valence-electron chi connectivity index (χ1n) is 6.06. The van der Waals surface area contributed by atoms with E-state index in [-0.39, 0.29) is 5.56 Å². The molecule has 0 saturated heterocycles. The molecule has 0 bridgehead atoms. The maximum Gasteiger partial charge on any atom is 0.280 e. The Hall–Kier alpha value is -2.47.